The van der Waals surface area contributed by atoms with Crippen molar-refractivity contribution in [2.45, 2.75) is 50.8 Å². The number of amides is 1. The molecule has 2 aromatic carbocycles. The third kappa shape index (κ3) is 4.24. The SMILES string of the molecule is CO[C@@](C(=O)N1CCC2(CCNC[C@H]2c2cc(C)cc(C)c2)CC1)(c1ccccc1)C(F)(F)F. The quantitative estimate of drug-likeness (QED) is 0.671. The van der Waals surface area contributed by atoms with Crippen LogP contribution in [0.3, 0.4) is 0 Å². The van der Waals surface area contributed by atoms with E-state index in [1.807, 2.05) is 0 Å². The maximum absolute atomic E-state index is 14.4. The molecule has 2 atom stereocenters. The van der Waals surface area contributed by atoms with Crippen LogP contribution in [0.1, 0.15) is 47.4 Å². The number of aryl methyl sites for hydroxylation is 2. The fourth-order valence-corrected chi connectivity index (χ4v) is 6.04. The molecule has 34 heavy (non-hydrogen) atoms. The molecule has 1 amide bonds. The van der Waals surface area contributed by atoms with E-state index < -0.39 is 17.7 Å². The predicted octanol–water partition coefficient (Wildman–Crippen LogP) is 5.09. The van der Waals surface area contributed by atoms with Gasteiger partial charge in [-0.05, 0) is 50.6 Å². The number of alkyl halides is 3. The van der Waals surface area contributed by atoms with E-state index in [2.05, 4.69) is 37.4 Å². The van der Waals surface area contributed by atoms with Crippen molar-refractivity contribution in [1.82, 2.24) is 10.2 Å². The number of benzene rings is 2. The molecule has 2 aromatic rings. The molecule has 2 heterocycles. The molecule has 184 valence electrons. The number of nitrogens with one attached hydrogen (secondary N) is 1. The standard InChI is InChI=1S/C27H33F3N2O2/c1-19-15-20(2)17-21(16-19)23-18-31-12-9-25(23)10-13-32(14-11-25)24(33)26(34-3,27(28,29)30)22-7-5-4-6-8-22/h4-8,15-17,23,31H,9-14,18H2,1-3H3/t23-,26+/m0/s1. The minimum absolute atomic E-state index is 0.0387. The maximum atomic E-state index is 14.4. The summed E-state index contributed by atoms with van der Waals surface area (Å²) in [5.41, 5.74) is 0.464. The molecule has 2 fully saturated rings. The van der Waals surface area contributed by atoms with Crippen molar-refractivity contribution in [2.24, 2.45) is 5.41 Å². The second-order valence-electron chi connectivity index (χ2n) is 9.83. The van der Waals surface area contributed by atoms with Gasteiger partial charge in [0.25, 0.3) is 11.5 Å². The van der Waals surface area contributed by atoms with Gasteiger partial charge in [-0.2, -0.15) is 13.2 Å². The molecule has 2 aliphatic heterocycles. The highest BCUT2D eigenvalue weighted by Gasteiger charge is 2.64. The summed E-state index contributed by atoms with van der Waals surface area (Å²) < 4.78 is 48.2. The molecular formula is C27H33F3N2O2. The first-order valence-corrected chi connectivity index (χ1v) is 11.9. The van der Waals surface area contributed by atoms with Crippen molar-refractivity contribution in [1.29, 1.82) is 0 Å². The summed E-state index contributed by atoms with van der Waals surface area (Å²) >= 11 is 0. The summed E-state index contributed by atoms with van der Waals surface area (Å²) in [6.07, 6.45) is -2.60. The zero-order valence-corrected chi connectivity index (χ0v) is 20.0. The average molecular weight is 475 g/mol. The van der Waals surface area contributed by atoms with Gasteiger partial charge < -0.3 is 15.0 Å². The fourth-order valence-electron chi connectivity index (χ4n) is 6.04. The summed E-state index contributed by atoms with van der Waals surface area (Å²) in [4.78, 5) is 14.8. The summed E-state index contributed by atoms with van der Waals surface area (Å²) in [6, 6.07) is 13.8. The smallest absolute Gasteiger partial charge is 0.356 e. The van der Waals surface area contributed by atoms with E-state index in [-0.39, 0.29) is 30.0 Å². The first kappa shape index (κ1) is 24.7. The molecular weight excluding hydrogens is 441 g/mol. The maximum Gasteiger partial charge on any atom is 0.430 e. The van der Waals surface area contributed by atoms with E-state index in [4.69, 9.17) is 4.74 Å². The molecule has 0 unspecified atom stereocenters. The van der Waals surface area contributed by atoms with Gasteiger partial charge in [0.15, 0.2) is 0 Å². The van der Waals surface area contributed by atoms with Gasteiger partial charge in [0.1, 0.15) is 0 Å². The van der Waals surface area contributed by atoms with E-state index >= 15 is 0 Å². The Balaban J connectivity index is 1.61. The molecule has 1 N–H and O–H groups in total. The largest absolute Gasteiger partial charge is 0.430 e. The first-order valence-electron chi connectivity index (χ1n) is 11.9. The Kier molecular flexibility index (Phi) is 6.80. The van der Waals surface area contributed by atoms with E-state index in [0.717, 1.165) is 26.6 Å². The van der Waals surface area contributed by atoms with Gasteiger partial charge in [0.2, 0.25) is 0 Å². The minimum atomic E-state index is -4.88. The van der Waals surface area contributed by atoms with Crippen molar-refractivity contribution < 1.29 is 22.7 Å². The summed E-state index contributed by atoms with van der Waals surface area (Å²) in [5.74, 6) is -0.763. The molecule has 0 aliphatic carbocycles. The lowest BCUT2D eigenvalue weighted by Crippen LogP contribution is -2.59. The van der Waals surface area contributed by atoms with Crippen LogP contribution in [0.5, 0.6) is 0 Å². The Labute approximate surface area is 199 Å². The zero-order chi connectivity index (χ0) is 24.6. The third-order valence-corrected chi connectivity index (χ3v) is 7.77. The zero-order valence-electron chi connectivity index (χ0n) is 20.0. The molecule has 7 heteroatoms. The molecule has 0 aromatic heterocycles. The summed E-state index contributed by atoms with van der Waals surface area (Å²) in [7, 11) is 0.965. The Morgan fingerprint density at radius 1 is 1.03 bits per heavy atom. The second-order valence-corrected chi connectivity index (χ2v) is 9.83. The van der Waals surface area contributed by atoms with Crippen LogP contribution in [0.15, 0.2) is 48.5 Å². The van der Waals surface area contributed by atoms with Crippen molar-refractivity contribution in [3.05, 3.63) is 70.8 Å². The van der Waals surface area contributed by atoms with Crippen molar-refractivity contribution >= 4 is 5.91 Å². The normalized spacial score (nSPS) is 22.4. The Hall–Kier alpha value is -2.38. The number of hydrogen-bond acceptors (Lipinski definition) is 3. The highest BCUT2D eigenvalue weighted by atomic mass is 19.4. The van der Waals surface area contributed by atoms with Gasteiger partial charge >= 0.3 is 6.18 Å². The van der Waals surface area contributed by atoms with Gasteiger partial charge in [0, 0.05) is 38.2 Å². The van der Waals surface area contributed by atoms with Crippen LogP contribution < -0.4 is 5.32 Å². The lowest BCUT2D eigenvalue weighted by atomic mass is 9.62. The van der Waals surface area contributed by atoms with Crippen molar-refractivity contribution in [3.8, 4) is 0 Å². The van der Waals surface area contributed by atoms with Crippen LogP contribution in [0.2, 0.25) is 0 Å². The fraction of sp³-hybridized carbons (Fsp3) is 0.519. The minimum Gasteiger partial charge on any atom is -0.356 e. The van der Waals surface area contributed by atoms with Gasteiger partial charge in [0.05, 0.1) is 0 Å². The van der Waals surface area contributed by atoms with Gasteiger partial charge in [-0.15, -0.1) is 0 Å². The van der Waals surface area contributed by atoms with Crippen LogP contribution in [0.25, 0.3) is 0 Å². The molecule has 1 spiro atoms. The Bertz CT molecular complexity index is 996. The molecule has 0 saturated carbocycles. The number of likely N-dealkylation sites (tertiary alicyclic amines) is 1. The monoisotopic (exact) mass is 474 g/mol. The molecule has 4 rings (SSSR count). The Morgan fingerprint density at radius 2 is 1.65 bits per heavy atom. The van der Waals surface area contributed by atoms with E-state index in [1.165, 1.54) is 45.9 Å². The lowest BCUT2D eigenvalue weighted by molar-refractivity contribution is -0.271. The number of carbonyl (C=O) groups is 1. The van der Waals surface area contributed by atoms with Crippen LogP contribution in [0.4, 0.5) is 13.2 Å². The topological polar surface area (TPSA) is 41.6 Å². The van der Waals surface area contributed by atoms with Crippen molar-refractivity contribution in [2.75, 3.05) is 33.3 Å². The Morgan fingerprint density at radius 3 is 2.21 bits per heavy atom. The van der Waals surface area contributed by atoms with Crippen LogP contribution in [-0.4, -0.2) is 50.3 Å². The number of ether oxygens (including phenoxy) is 1. The van der Waals surface area contributed by atoms with Gasteiger partial charge in [-0.3, -0.25) is 4.79 Å². The lowest BCUT2D eigenvalue weighted by Gasteiger charge is -2.51. The number of carbonyl (C=O) groups excluding carboxylic acids is 1. The predicted molar refractivity (Wildman–Crippen MR) is 126 cm³/mol. The number of halogens is 3. The van der Waals surface area contributed by atoms with Crippen molar-refractivity contribution in [3.63, 3.8) is 0 Å². The average Bonchev–Trinajstić information content (AvgIpc) is 2.80. The molecule has 0 radical (unpaired) electrons. The van der Waals surface area contributed by atoms with E-state index in [1.54, 1.807) is 6.07 Å². The number of methoxy groups -OCH3 is 1. The third-order valence-electron chi connectivity index (χ3n) is 7.77. The van der Waals surface area contributed by atoms with Gasteiger partial charge in [-0.25, -0.2) is 0 Å². The van der Waals surface area contributed by atoms with E-state index in [9.17, 15) is 18.0 Å². The molecule has 4 nitrogen and oxygen atoms in total. The van der Waals surface area contributed by atoms with Crippen LogP contribution in [0, 0.1) is 19.3 Å². The highest BCUT2D eigenvalue weighted by Crippen LogP contribution is 2.50. The highest BCUT2D eigenvalue weighted by molar-refractivity contribution is 5.88. The van der Waals surface area contributed by atoms with E-state index in [0.29, 0.717) is 12.8 Å². The summed E-state index contributed by atoms with van der Waals surface area (Å²) in [5, 5.41) is 3.50. The number of piperidine rings is 2. The summed E-state index contributed by atoms with van der Waals surface area (Å²) in [6.45, 7) is 6.47. The second kappa shape index (κ2) is 9.34. The van der Waals surface area contributed by atoms with Crippen LogP contribution in [-0.2, 0) is 15.1 Å². The number of hydrogen-bond donors (Lipinski definition) is 1. The number of nitrogens with zero attached hydrogens (tertiary/aromatic N) is 1. The number of rotatable bonds is 4. The molecule has 2 saturated heterocycles. The molecule has 2 aliphatic rings. The molecule has 0 bridgehead atoms. The first-order chi connectivity index (χ1) is 16.1. The van der Waals surface area contributed by atoms with Crippen LogP contribution >= 0.6 is 0 Å². The van der Waals surface area contributed by atoms with Gasteiger partial charge in [-0.1, -0.05) is 59.7 Å².